The molecule has 0 saturated carbocycles. The Morgan fingerprint density at radius 2 is 0.523 bits per heavy atom. The molecule has 0 spiro atoms. The van der Waals surface area contributed by atoms with Gasteiger partial charge in [0.05, 0.1) is 0 Å². The van der Waals surface area contributed by atoms with Crippen LogP contribution >= 0.6 is 0 Å². The smallest absolute Gasteiger partial charge is 0.0159 e. The molecule has 0 atom stereocenters. The van der Waals surface area contributed by atoms with Gasteiger partial charge in [0.1, 0.15) is 0 Å². The molecular formula is C65H50. The van der Waals surface area contributed by atoms with Crippen molar-refractivity contribution in [3.63, 3.8) is 0 Å². The van der Waals surface area contributed by atoms with Gasteiger partial charge in [0.2, 0.25) is 0 Å². The number of benzene rings is 10. The average molecular weight is 831 g/mol. The van der Waals surface area contributed by atoms with Crippen molar-refractivity contribution in [2.24, 2.45) is 0 Å². The van der Waals surface area contributed by atoms with Crippen molar-refractivity contribution in [1.29, 1.82) is 0 Å². The molecule has 3 aliphatic carbocycles. The molecule has 13 rings (SSSR count). The molecule has 0 nitrogen and oxygen atoms in total. The second kappa shape index (κ2) is 13.4. The lowest BCUT2D eigenvalue weighted by Crippen LogP contribution is -2.15. The molecule has 0 amide bonds. The van der Waals surface area contributed by atoms with Crippen LogP contribution in [0.2, 0.25) is 0 Å². The maximum absolute atomic E-state index is 2.50. The van der Waals surface area contributed by atoms with Gasteiger partial charge in [-0.05, 0) is 157 Å². The molecule has 65 heavy (non-hydrogen) atoms. The van der Waals surface area contributed by atoms with Crippen molar-refractivity contribution in [3.05, 3.63) is 228 Å². The van der Waals surface area contributed by atoms with E-state index in [1.165, 1.54) is 133 Å². The SMILES string of the molecule is CC1(C)c2ccccc2-c2ccc(-c3ccc(-c4c5ccccc5c(-c5ccc6c(c5)C(C)(C)c5ccccc5-6)c5cc(-c6ccc7c(c6)C(C)(C)c6ccccc6-7)ccc45)cc3)cc21. The molecule has 0 fully saturated rings. The predicted octanol–water partition coefficient (Wildman–Crippen LogP) is 17.6. The fourth-order valence-electron chi connectivity index (χ4n) is 12.4. The minimum absolute atomic E-state index is 0.0418. The van der Waals surface area contributed by atoms with Gasteiger partial charge in [0.15, 0.2) is 0 Å². The Morgan fingerprint density at radius 3 is 1.02 bits per heavy atom. The van der Waals surface area contributed by atoms with Crippen molar-refractivity contribution in [1.82, 2.24) is 0 Å². The topological polar surface area (TPSA) is 0 Å². The molecule has 0 heterocycles. The first kappa shape index (κ1) is 38.2. The third-order valence-corrected chi connectivity index (χ3v) is 15.9. The molecule has 0 radical (unpaired) electrons. The lowest BCUT2D eigenvalue weighted by molar-refractivity contribution is 0.660. The molecule has 0 bridgehead atoms. The lowest BCUT2D eigenvalue weighted by atomic mass is 9.80. The van der Waals surface area contributed by atoms with E-state index >= 15 is 0 Å². The van der Waals surface area contributed by atoms with Crippen LogP contribution in [0.25, 0.3) is 99.4 Å². The summed E-state index contributed by atoms with van der Waals surface area (Å²) in [5.74, 6) is 0. The Kier molecular flexibility index (Phi) is 7.86. The van der Waals surface area contributed by atoms with Gasteiger partial charge >= 0.3 is 0 Å². The van der Waals surface area contributed by atoms with E-state index in [1.807, 2.05) is 0 Å². The van der Waals surface area contributed by atoms with Gasteiger partial charge < -0.3 is 0 Å². The fraction of sp³-hybridized carbons (Fsp3) is 0.138. The second-order valence-electron chi connectivity index (χ2n) is 20.4. The van der Waals surface area contributed by atoms with Crippen LogP contribution in [0.1, 0.15) is 74.9 Å². The zero-order valence-corrected chi connectivity index (χ0v) is 38.0. The Morgan fingerprint density at radius 1 is 0.215 bits per heavy atom. The van der Waals surface area contributed by atoms with E-state index in [4.69, 9.17) is 0 Å². The van der Waals surface area contributed by atoms with Crippen molar-refractivity contribution >= 4 is 21.5 Å². The fourth-order valence-corrected chi connectivity index (χ4v) is 12.4. The van der Waals surface area contributed by atoms with Gasteiger partial charge in [-0.25, -0.2) is 0 Å². The van der Waals surface area contributed by atoms with Crippen LogP contribution in [0.4, 0.5) is 0 Å². The minimum atomic E-state index is -0.103. The summed E-state index contributed by atoms with van der Waals surface area (Å²) in [6, 6.07) is 74.1. The highest BCUT2D eigenvalue weighted by molar-refractivity contribution is 6.22. The van der Waals surface area contributed by atoms with Crippen molar-refractivity contribution in [3.8, 4) is 77.9 Å². The molecule has 0 N–H and O–H groups in total. The van der Waals surface area contributed by atoms with Gasteiger partial charge in [0.25, 0.3) is 0 Å². The largest absolute Gasteiger partial charge is 0.0619 e. The van der Waals surface area contributed by atoms with Crippen LogP contribution in [-0.4, -0.2) is 0 Å². The summed E-state index contributed by atoms with van der Waals surface area (Å²) in [5, 5.41) is 5.09. The Bertz CT molecular complexity index is 3660. The number of rotatable bonds is 4. The van der Waals surface area contributed by atoms with Gasteiger partial charge in [-0.15, -0.1) is 0 Å². The number of fused-ring (bicyclic) bond motifs is 11. The van der Waals surface area contributed by atoms with Crippen molar-refractivity contribution < 1.29 is 0 Å². The number of hydrogen-bond donors (Lipinski definition) is 0. The molecule has 0 aromatic heterocycles. The molecule has 10 aromatic rings. The Balaban J connectivity index is 1.00. The molecule has 0 saturated heterocycles. The average Bonchev–Trinajstić information content (AvgIpc) is 3.82. The summed E-state index contributed by atoms with van der Waals surface area (Å²) in [4.78, 5) is 0. The van der Waals surface area contributed by atoms with Gasteiger partial charge in [-0.2, -0.15) is 0 Å². The molecule has 0 aliphatic heterocycles. The van der Waals surface area contributed by atoms with Crippen LogP contribution in [0, 0.1) is 0 Å². The monoisotopic (exact) mass is 830 g/mol. The predicted molar refractivity (Wildman–Crippen MR) is 276 cm³/mol. The highest BCUT2D eigenvalue weighted by Gasteiger charge is 2.38. The first-order valence-corrected chi connectivity index (χ1v) is 23.3. The van der Waals surface area contributed by atoms with Crippen LogP contribution < -0.4 is 0 Å². The summed E-state index contributed by atoms with van der Waals surface area (Å²) in [6.07, 6.45) is 0. The van der Waals surface area contributed by atoms with E-state index in [2.05, 4.69) is 236 Å². The van der Waals surface area contributed by atoms with E-state index in [-0.39, 0.29) is 16.2 Å². The second-order valence-corrected chi connectivity index (χ2v) is 20.4. The lowest BCUT2D eigenvalue weighted by Gasteiger charge is -2.23. The Labute approximate surface area is 382 Å². The molecule has 10 aromatic carbocycles. The third-order valence-electron chi connectivity index (χ3n) is 15.9. The van der Waals surface area contributed by atoms with Crippen LogP contribution in [0.15, 0.2) is 194 Å². The molecular weight excluding hydrogens is 781 g/mol. The first-order chi connectivity index (χ1) is 31.5. The van der Waals surface area contributed by atoms with Gasteiger partial charge in [0, 0.05) is 16.2 Å². The van der Waals surface area contributed by atoms with Crippen LogP contribution in [-0.2, 0) is 16.2 Å². The zero-order chi connectivity index (χ0) is 44.0. The van der Waals surface area contributed by atoms with Crippen LogP contribution in [0.5, 0.6) is 0 Å². The third kappa shape index (κ3) is 5.32. The van der Waals surface area contributed by atoms with Gasteiger partial charge in [-0.1, -0.05) is 211 Å². The van der Waals surface area contributed by atoms with Crippen LogP contribution in [0.3, 0.4) is 0 Å². The first-order valence-electron chi connectivity index (χ1n) is 23.3. The summed E-state index contributed by atoms with van der Waals surface area (Å²) in [5.41, 5.74) is 26.4. The Hall–Kier alpha value is -7.28. The molecule has 310 valence electrons. The maximum atomic E-state index is 2.50. The maximum Gasteiger partial charge on any atom is 0.0159 e. The quantitative estimate of drug-likeness (QED) is 0.155. The summed E-state index contributed by atoms with van der Waals surface area (Å²) >= 11 is 0. The highest BCUT2D eigenvalue weighted by atomic mass is 14.4. The standard InChI is InChI=1S/C65H50/c1-63(2)55-20-12-9-15-45(55)48-31-27-42(36-58(48)63)39-23-25-40(26-24-39)61-51-18-7-8-19-52(51)62(44-30-33-50-47-17-11-14-22-57(47)65(5,6)60(50)38-44)54-35-41(29-34-53(54)61)43-28-32-49-46-16-10-13-21-56(46)64(3,4)59(49)37-43/h7-38H,1-6H3. The highest BCUT2D eigenvalue weighted by Crippen LogP contribution is 2.54. The number of hydrogen-bond acceptors (Lipinski definition) is 0. The summed E-state index contributed by atoms with van der Waals surface area (Å²) in [7, 11) is 0. The van der Waals surface area contributed by atoms with Crippen molar-refractivity contribution in [2.45, 2.75) is 57.8 Å². The van der Waals surface area contributed by atoms with E-state index in [1.54, 1.807) is 0 Å². The van der Waals surface area contributed by atoms with Crippen molar-refractivity contribution in [2.75, 3.05) is 0 Å². The van der Waals surface area contributed by atoms with E-state index in [0.717, 1.165) is 0 Å². The van der Waals surface area contributed by atoms with Gasteiger partial charge in [-0.3, -0.25) is 0 Å². The molecule has 0 heteroatoms. The van der Waals surface area contributed by atoms with E-state index in [9.17, 15) is 0 Å². The van der Waals surface area contributed by atoms with E-state index < -0.39 is 0 Å². The normalized spacial score (nSPS) is 15.3. The zero-order valence-electron chi connectivity index (χ0n) is 38.0. The van der Waals surface area contributed by atoms with E-state index in [0.29, 0.717) is 0 Å². The summed E-state index contributed by atoms with van der Waals surface area (Å²) < 4.78 is 0. The molecule has 0 unspecified atom stereocenters. The minimum Gasteiger partial charge on any atom is -0.0619 e. The summed E-state index contributed by atoms with van der Waals surface area (Å²) in [6.45, 7) is 14.3. The molecule has 3 aliphatic rings.